The minimum absolute atomic E-state index is 0.203. The summed E-state index contributed by atoms with van der Waals surface area (Å²) in [6.45, 7) is 0.203. The van der Waals surface area contributed by atoms with Gasteiger partial charge in [0.15, 0.2) is 0 Å². The quantitative estimate of drug-likeness (QED) is 0.368. The van der Waals surface area contributed by atoms with E-state index in [-0.39, 0.29) is 6.61 Å². The molecule has 0 radical (unpaired) electrons. The Kier molecular flexibility index (Phi) is 6.27. The second-order valence-electron chi connectivity index (χ2n) is 6.54. The van der Waals surface area contributed by atoms with Gasteiger partial charge in [-0.3, -0.25) is 4.79 Å². The van der Waals surface area contributed by atoms with Crippen molar-refractivity contribution < 1.29 is 4.74 Å². The van der Waals surface area contributed by atoms with E-state index in [0.717, 1.165) is 14.7 Å². The van der Waals surface area contributed by atoms with E-state index in [9.17, 15) is 9.59 Å². The van der Waals surface area contributed by atoms with Crippen LogP contribution >= 0.6 is 39.1 Å². The number of para-hydroxylation sites is 1. The Bertz CT molecular complexity index is 1430. The highest BCUT2D eigenvalue weighted by atomic mass is 79.9. The zero-order chi connectivity index (χ0) is 22.0. The second kappa shape index (κ2) is 9.09. The summed E-state index contributed by atoms with van der Waals surface area (Å²) in [5, 5.41) is 5.50. The average molecular weight is 519 g/mol. The molecule has 9 heteroatoms. The SMILES string of the molecule is O=c1[nH]c2ccccc2c(=O)n1N=Cc1cc(Br)ccc1OCc1ccc(Cl)cc1Cl. The molecule has 31 heavy (non-hydrogen) atoms. The summed E-state index contributed by atoms with van der Waals surface area (Å²) in [4.78, 5) is 27.6. The highest BCUT2D eigenvalue weighted by Gasteiger charge is 2.09. The molecule has 6 nitrogen and oxygen atoms in total. The topological polar surface area (TPSA) is 76.5 Å². The fraction of sp³-hybridized carbons (Fsp3) is 0.0455. The minimum Gasteiger partial charge on any atom is -0.488 e. The van der Waals surface area contributed by atoms with Crippen molar-refractivity contribution in [1.82, 2.24) is 9.66 Å². The summed E-state index contributed by atoms with van der Waals surface area (Å²) in [6, 6.07) is 17.2. The predicted molar refractivity (Wildman–Crippen MR) is 127 cm³/mol. The van der Waals surface area contributed by atoms with Crippen LogP contribution in [0.5, 0.6) is 5.75 Å². The molecule has 0 fully saturated rings. The number of aromatic nitrogens is 2. The lowest BCUT2D eigenvalue weighted by atomic mass is 10.2. The Balaban J connectivity index is 1.67. The molecule has 0 bridgehead atoms. The van der Waals surface area contributed by atoms with Crippen molar-refractivity contribution in [3.63, 3.8) is 0 Å². The van der Waals surface area contributed by atoms with Crippen molar-refractivity contribution in [2.75, 3.05) is 0 Å². The molecule has 0 aliphatic carbocycles. The summed E-state index contributed by atoms with van der Waals surface area (Å²) in [7, 11) is 0. The number of nitrogens with one attached hydrogen (secondary N) is 1. The summed E-state index contributed by atoms with van der Waals surface area (Å²) in [5.41, 5.74) is 0.639. The van der Waals surface area contributed by atoms with Gasteiger partial charge in [0, 0.05) is 25.6 Å². The summed E-state index contributed by atoms with van der Waals surface area (Å²) in [5.74, 6) is 0.503. The van der Waals surface area contributed by atoms with E-state index in [2.05, 4.69) is 26.0 Å². The van der Waals surface area contributed by atoms with Gasteiger partial charge in [0.25, 0.3) is 5.56 Å². The summed E-state index contributed by atoms with van der Waals surface area (Å²) >= 11 is 15.6. The number of ether oxygens (including phenoxy) is 1. The highest BCUT2D eigenvalue weighted by Crippen LogP contribution is 2.26. The van der Waals surface area contributed by atoms with Crippen molar-refractivity contribution in [3.05, 3.63) is 107 Å². The summed E-state index contributed by atoms with van der Waals surface area (Å²) < 4.78 is 7.47. The van der Waals surface area contributed by atoms with Crippen LogP contribution in [0.1, 0.15) is 11.1 Å². The molecular formula is C22H14BrCl2N3O3. The van der Waals surface area contributed by atoms with Crippen LogP contribution in [0.4, 0.5) is 0 Å². The van der Waals surface area contributed by atoms with Gasteiger partial charge in [0.2, 0.25) is 0 Å². The van der Waals surface area contributed by atoms with Gasteiger partial charge in [-0.25, -0.2) is 4.79 Å². The molecule has 3 aromatic carbocycles. The molecular weight excluding hydrogens is 505 g/mol. The summed E-state index contributed by atoms with van der Waals surface area (Å²) in [6.07, 6.45) is 1.40. The molecule has 0 atom stereocenters. The van der Waals surface area contributed by atoms with Crippen molar-refractivity contribution in [2.24, 2.45) is 5.10 Å². The average Bonchev–Trinajstić information content (AvgIpc) is 2.74. The van der Waals surface area contributed by atoms with Gasteiger partial charge in [-0.2, -0.15) is 5.10 Å². The Morgan fingerprint density at radius 2 is 1.87 bits per heavy atom. The number of aromatic amines is 1. The lowest BCUT2D eigenvalue weighted by Gasteiger charge is -2.11. The minimum atomic E-state index is -0.634. The molecule has 4 aromatic rings. The van der Waals surface area contributed by atoms with E-state index in [1.54, 1.807) is 54.6 Å². The smallest absolute Gasteiger partial charge is 0.349 e. The van der Waals surface area contributed by atoms with Gasteiger partial charge in [0.1, 0.15) is 12.4 Å². The second-order valence-corrected chi connectivity index (χ2v) is 8.30. The maximum Gasteiger partial charge on any atom is 0.349 e. The number of halogens is 3. The van der Waals surface area contributed by atoms with Crippen LogP contribution in [0.3, 0.4) is 0 Å². The number of H-pyrrole nitrogens is 1. The fourth-order valence-electron chi connectivity index (χ4n) is 2.92. The zero-order valence-electron chi connectivity index (χ0n) is 15.8. The molecule has 1 N–H and O–H groups in total. The highest BCUT2D eigenvalue weighted by molar-refractivity contribution is 9.10. The first-order valence-electron chi connectivity index (χ1n) is 9.07. The van der Waals surface area contributed by atoms with Gasteiger partial charge >= 0.3 is 5.69 Å². The van der Waals surface area contributed by atoms with Crippen LogP contribution < -0.4 is 16.0 Å². The van der Waals surface area contributed by atoms with E-state index in [4.69, 9.17) is 27.9 Å². The van der Waals surface area contributed by atoms with E-state index < -0.39 is 11.2 Å². The molecule has 0 aliphatic rings. The van der Waals surface area contributed by atoms with Crippen molar-refractivity contribution >= 4 is 56.2 Å². The van der Waals surface area contributed by atoms with E-state index in [1.165, 1.54) is 6.21 Å². The van der Waals surface area contributed by atoms with Gasteiger partial charge in [-0.1, -0.05) is 57.3 Å². The first-order valence-corrected chi connectivity index (χ1v) is 10.6. The Hall–Kier alpha value is -2.87. The normalized spacial score (nSPS) is 11.3. The number of benzene rings is 3. The first-order chi connectivity index (χ1) is 14.9. The van der Waals surface area contributed by atoms with Crippen molar-refractivity contribution in [2.45, 2.75) is 6.61 Å². The van der Waals surface area contributed by atoms with Crippen LogP contribution in [-0.4, -0.2) is 15.9 Å². The molecule has 0 saturated heterocycles. The fourth-order valence-corrected chi connectivity index (χ4v) is 3.77. The van der Waals surface area contributed by atoms with Crippen LogP contribution in [0, 0.1) is 0 Å². The lowest BCUT2D eigenvalue weighted by molar-refractivity contribution is 0.306. The molecule has 0 amide bonds. The third-order valence-corrected chi connectivity index (χ3v) is 5.55. The molecule has 0 aliphatic heterocycles. The predicted octanol–water partition coefficient (Wildman–Crippen LogP) is 5.22. The molecule has 1 aromatic heterocycles. The largest absolute Gasteiger partial charge is 0.488 e. The maximum absolute atomic E-state index is 12.7. The van der Waals surface area contributed by atoms with Crippen molar-refractivity contribution in [3.8, 4) is 5.75 Å². The Morgan fingerprint density at radius 1 is 1.06 bits per heavy atom. The Labute approximate surface area is 194 Å². The van der Waals surface area contributed by atoms with Crippen LogP contribution in [-0.2, 0) is 6.61 Å². The van der Waals surface area contributed by atoms with Crippen LogP contribution in [0.25, 0.3) is 10.9 Å². The Morgan fingerprint density at radius 3 is 2.68 bits per heavy atom. The molecule has 0 spiro atoms. The number of rotatable bonds is 5. The third kappa shape index (κ3) is 4.74. The van der Waals surface area contributed by atoms with Gasteiger partial charge in [0.05, 0.1) is 17.1 Å². The van der Waals surface area contributed by atoms with Gasteiger partial charge in [-0.15, -0.1) is 4.68 Å². The van der Waals surface area contributed by atoms with Crippen molar-refractivity contribution in [1.29, 1.82) is 0 Å². The number of fused-ring (bicyclic) bond motifs is 1. The maximum atomic E-state index is 12.7. The monoisotopic (exact) mass is 517 g/mol. The third-order valence-electron chi connectivity index (χ3n) is 4.47. The molecule has 156 valence electrons. The van der Waals surface area contributed by atoms with Crippen LogP contribution in [0.2, 0.25) is 10.0 Å². The van der Waals surface area contributed by atoms with Gasteiger partial charge in [-0.05, 0) is 42.5 Å². The molecule has 0 saturated carbocycles. The molecule has 0 unspecified atom stereocenters. The number of hydrogen-bond acceptors (Lipinski definition) is 4. The number of hydrogen-bond donors (Lipinski definition) is 1. The van der Waals surface area contributed by atoms with Crippen LogP contribution in [0.15, 0.2) is 79.8 Å². The van der Waals surface area contributed by atoms with E-state index in [0.29, 0.717) is 32.3 Å². The number of nitrogens with zero attached hydrogens (tertiary/aromatic N) is 2. The lowest BCUT2D eigenvalue weighted by Crippen LogP contribution is -2.32. The molecule has 1 heterocycles. The first kappa shape index (κ1) is 21.4. The van der Waals surface area contributed by atoms with E-state index in [1.807, 2.05) is 6.07 Å². The van der Waals surface area contributed by atoms with Gasteiger partial charge < -0.3 is 9.72 Å². The van der Waals surface area contributed by atoms with E-state index >= 15 is 0 Å². The zero-order valence-corrected chi connectivity index (χ0v) is 18.9. The molecule has 4 rings (SSSR count). The standard InChI is InChI=1S/C22H14BrCl2N3O3/c23-15-6-8-20(31-12-13-5-7-16(24)10-18(13)25)14(9-15)11-26-28-21(29)17-3-1-2-4-19(17)27-22(28)30/h1-11H,12H2,(H,27,30).